The van der Waals surface area contributed by atoms with Crippen molar-refractivity contribution in [1.29, 1.82) is 0 Å². The van der Waals surface area contributed by atoms with Crippen LogP contribution >= 0.6 is 27.5 Å². The Balaban J connectivity index is 2.02. The highest BCUT2D eigenvalue weighted by Crippen LogP contribution is 2.23. The Hall–Kier alpha value is -1.83. The molecule has 24 heavy (non-hydrogen) atoms. The van der Waals surface area contributed by atoms with Gasteiger partial charge in [0.15, 0.2) is 0 Å². The Bertz CT molecular complexity index is 941. The van der Waals surface area contributed by atoms with E-state index in [1.165, 1.54) is 16.9 Å². The molecule has 0 bridgehead atoms. The minimum Gasteiger partial charge on any atom is -0.200 e. The molecular formula is C16H13BrClN3O2S. The van der Waals surface area contributed by atoms with Crippen molar-refractivity contribution in [3.05, 3.63) is 70.8 Å². The van der Waals surface area contributed by atoms with Crippen molar-refractivity contribution in [2.24, 2.45) is 0 Å². The first-order chi connectivity index (χ1) is 11.5. The van der Waals surface area contributed by atoms with Crippen LogP contribution in [0.3, 0.4) is 0 Å². The molecule has 1 N–H and O–H groups in total. The normalized spacial score (nSPS) is 11.4. The lowest BCUT2D eigenvalue weighted by atomic mass is 10.1. The fourth-order valence-electron chi connectivity index (χ4n) is 2.16. The summed E-state index contributed by atoms with van der Waals surface area (Å²) in [4.78, 5) is 3.88. The molecule has 2 aromatic carbocycles. The maximum atomic E-state index is 12.5. The van der Waals surface area contributed by atoms with E-state index in [1.807, 2.05) is 24.3 Å². The van der Waals surface area contributed by atoms with Crippen molar-refractivity contribution >= 4 is 37.6 Å². The van der Waals surface area contributed by atoms with Crippen LogP contribution in [0.5, 0.6) is 0 Å². The second kappa shape index (κ2) is 6.96. The highest BCUT2D eigenvalue weighted by molar-refractivity contribution is 9.10. The van der Waals surface area contributed by atoms with Crippen LogP contribution in [0.25, 0.3) is 11.3 Å². The third-order valence-corrected chi connectivity index (χ3v) is 5.41. The zero-order valence-electron chi connectivity index (χ0n) is 12.4. The van der Waals surface area contributed by atoms with Crippen LogP contribution in [0.15, 0.2) is 70.0 Å². The molecule has 0 atom stereocenters. The van der Waals surface area contributed by atoms with E-state index in [-0.39, 0.29) is 10.8 Å². The maximum Gasteiger partial charge on any atom is 0.276 e. The first-order valence-corrected chi connectivity index (χ1v) is 9.79. The summed E-state index contributed by atoms with van der Waals surface area (Å²) in [5.41, 5.74) is 2.00. The van der Waals surface area contributed by atoms with E-state index in [4.69, 9.17) is 11.6 Å². The molecule has 8 heteroatoms. The van der Waals surface area contributed by atoms with Gasteiger partial charge < -0.3 is 0 Å². The quantitative estimate of drug-likeness (QED) is 0.628. The second-order valence-electron chi connectivity index (χ2n) is 4.98. The third kappa shape index (κ3) is 3.63. The summed E-state index contributed by atoms with van der Waals surface area (Å²) in [6, 6.07) is 17.4. The van der Waals surface area contributed by atoms with E-state index in [1.54, 1.807) is 24.3 Å². The average molecular weight is 427 g/mol. The van der Waals surface area contributed by atoms with Gasteiger partial charge in [0.2, 0.25) is 0 Å². The highest BCUT2D eigenvalue weighted by Gasteiger charge is 2.18. The van der Waals surface area contributed by atoms with Crippen molar-refractivity contribution in [2.45, 2.75) is 10.8 Å². The van der Waals surface area contributed by atoms with Gasteiger partial charge in [0.05, 0.1) is 22.2 Å². The van der Waals surface area contributed by atoms with Gasteiger partial charge in [-0.25, -0.2) is 0 Å². The second-order valence-corrected chi connectivity index (χ2v) is 7.82. The zero-order chi connectivity index (χ0) is 17.2. The number of aromatic nitrogens is 2. The maximum absolute atomic E-state index is 12.5. The van der Waals surface area contributed by atoms with Gasteiger partial charge in [-0.05, 0) is 30.3 Å². The summed E-state index contributed by atoms with van der Waals surface area (Å²) in [5.74, 6) is 0.184. The van der Waals surface area contributed by atoms with Crippen LogP contribution in [0.1, 0.15) is 5.69 Å². The van der Waals surface area contributed by atoms with Crippen LogP contribution in [0.2, 0.25) is 0 Å². The molecule has 0 saturated carbocycles. The van der Waals surface area contributed by atoms with E-state index in [0.29, 0.717) is 11.4 Å². The third-order valence-electron chi connectivity index (χ3n) is 3.30. The van der Waals surface area contributed by atoms with Crippen LogP contribution < -0.4 is 4.83 Å². The molecule has 0 aliphatic heterocycles. The Morgan fingerprint density at radius 1 is 1.08 bits per heavy atom. The molecule has 0 aliphatic carbocycles. The summed E-state index contributed by atoms with van der Waals surface area (Å²) >= 11 is 9.23. The molecule has 0 saturated heterocycles. The number of alkyl halides is 1. The largest absolute Gasteiger partial charge is 0.276 e. The molecule has 124 valence electrons. The monoisotopic (exact) mass is 425 g/mol. The molecule has 0 amide bonds. The molecule has 3 rings (SSSR count). The minimum atomic E-state index is -3.75. The molecule has 0 spiro atoms. The lowest BCUT2D eigenvalue weighted by molar-refractivity contribution is 0.592. The van der Waals surface area contributed by atoms with Crippen molar-refractivity contribution < 1.29 is 8.42 Å². The predicted molar refractivity (Wildman–Crippen MR) is 97.9 cm³/mol. The van der Waals surface area contributed by atoms with E-state index < -0.39 is 10.0 Å². The van der Waals surface area contributed by atoms with Crippen LogP contribution in [0.4, 0.5) is 0 Å². The smallest absolute Gasteiger partial charge is 0.200 e. The minimum absolute atomic E-state index is 0.162. The van der Waals surface area contributed by atoms with Gasteiger partial charge >= 0.3 is 0 Å². The lowest BCUT2D eigenvalue weighted by Gasteiger charge is -2.11. The number of sulfonamides is 1. The summed E-state index contributed by atoms with van der Waals surface area (Å²) in [6.45, 7) is 0. The topological polar surface area (TPSA) is 64.0 Å². The number of halogens is 2. The summed E-state index contributed by atoms with van der Waals surface area (Å²) < 4.78 is 26.0. The Kier molecular flexibility index (Phi) is 4.93. The number of benzene rings is 2. The molecule has 0 radical (unpaired) electrons. The average Bonchev–Trinajstić information content (AvgIpc) is 2.98. The number of nitrogens with zero attached hydrogens (tertiary/aromatic N) is 2. The van der Waals surface area contributed by atoms with Gasteiger partial charge in [-0.15, -0.1) is 11.6 Å². The zero-order valence-corrected chi connectivity index (χ0v) is 15.5. The van der Waals surface area contributed by atoms with Crippen molar-refractivity contribution in [2.75, 3.05) is 4.83 Å². The number of nitrogens with one attached hydrogen (secondary N) is 1. The standard InChI is InChI=1S/C16H13BrClN3O2S/c17-13-8-6-12(7-9-13)16-10-14(11-18)19-21(16)20-24(22,23)15-4-2-1-3-5-15/h1-10,20H,11H2. The van der Waals surface area contributed by atoms with Gasteiger partial charge in [-0.2, -0.15) is 23.1 Å². The van der Waals surface area contributed by atoms with Crippen molar-refractivity contribution in [3.8, 4) is 11.3 Å². The Morgan fingerprint density at radius 3 is 2.38 bits per heavy atom. The molecule has 0 fully saturated rings. The molecule has 0 unspecified atom stereocenters. The van der Waals surface area contributed by atoms with E-state index in [0.717, 1.165) is 10.0 Å². The molecule has 3 aromatic rings. The fourth-order valence-corrected chi connectivity index (χ4v) is 3.54. The Labute approximate surface area is 153 Å². The molecular weight excluding hydrogens is 414 g/mol. The van der Waals surface area contributed by atoms with Crippen LogP contribution in [0, 0.1) is 0 Å². The first-order valence-electron chi connectivity index (χ1n) is 6.98. The van der Waals surface area contributed by atoms with E-state index in [2.05, 4.69) is 25.9 Å². The summed E-state index contributed by atoms with van der Waals surface area (Å²) in [6.07, 6.45) is 0. The number of rotatable bonds is 5. The molecule has 1 aromatic heterocycles. The number of hydrogen-bond acceptors (Lipinski definition) is 3. The summed E-state index contributed by atoms with van der Waals surface area (Å²) in [7, 11) is -3.75. The molecule has 5 nitrogen and oxygen atoms in total. The van der Waals surface area contributed by atoms with Crippen LogP contribution in [-0.2, 0) is 15.9 Å². The van der Waals surface area contributed by atoms with E-state index >= 15 is 0 Å². The summed E-state index contributed by atoms with van der Waals surface area (Å²) in [5, 5.41) is 4.22. The fraction of sp³-hybridized carbons (Fsp3) is 0.0625. The first kappa shape index (κ1) is 17.0. The SMILES string of the molecule is O=S(=O)(Nn1nc(CCl)cc1-c1ccc(Br)cc1)c1ccccc1. The van der Waals surface area contributed by atoms with Gasteiger partial charge in [-0.1, -0.05) is 46.3 Å². The van der Waals surface area contributed by atoms with Gasteiger partial charge in [-0.3, -0.25) is 0 Å². The van der Waals surface area contributed by atoms with Gasteiger partial charge in [0, 0.05) is 10.0 Å². The van der Waals surface area contributed by atoms with E-state index in [9.17, 15) is 8.42 Å². The molecule has 0 aliphatic rings. The van der Waals surface area contributed by atoms with Crippen molar-refractivity contribution in [1.82, 2.24) is 9.89 Å². The Morgan fingerprint density at radius 2 is 1.75 bits per heavy atom. The lowest BCUT2D eigenvalue weighted by Crippen LogP contribution is -2.25. The van der Waals surface area contributed by atoms with Crippen LogP contribution in [-0.4, -0.2) is 18.3 Å². The predicted octanol–water partition coefficient (Wildman–Crippen LogP) is 3.98. The highest BCUT2D eigenvalue weighted by atomic mass is 79.9. The van der Waals surface area contributed by atoms with Gasteiger partial charge in [0.25, 0.3) is 10.0 Å². The van der Waals surface area contributed by atoms with Crippen molar-refractivity contribution in [3.63, 3.8) is 0 Å². The van der Waals surface area contributed by atoms with Gasteiger partial charge in [0.1, 0.15) is 0 Å². The number of hydrogen-bond donors (Lipinski definition) is 1. The molecule has 1 heterocycles.